The number of carbonyl (C=O) groups excluding carboxylic acids is 1. The zero-order valence-electron chi connectivity index (χ0n) is 18.2. The van der Waals surface area contributed by atoms with Crippen molar-refractivity contribution in [3.63, 3.8) is 0 Å². The van der Waals surface area contributed by atoms with Gasteiger partial charge in [0.25, 0.3) is 15.9 Å². The van der Waals surface area contributed by atoms with Crippen LogP contribution in [0.1, 0.15) is 29.6 Å². The highest BCUT2D eigenvalue weighted by atomic mass is 32.2. The second-order valence-electron chi connectivity index (χ2n) is 8.13. The molecule has 6 nitrogen and oxygen atoms in total. The van der Waals surface area contributed by atoms with Crippen LogP contribution in [0.25, 0.3) is 21.9 Å². The van der Waals surface area contributed by atoms with E-state index in [9.17, 15) is 13.2 Å². The van der Waals surface area contributed by atoms with Gasteiger partial charge in [-0.1, -0.05) is 18.2 Å². The Kier molecular flexibility index (Phi) is 5.80. The first-order valence-electron chi connectivity index (χ1n) is 10.9. The minimum atomic E-state index is -3.90. The fourth-order valence-electron chi connectivity index (χ4n) is 4.29. The van der Waals surface area contributed by atoms with Crippen molar-refractivity contribution in [3.05, 3.63) is 66.2 Å². The Balaban J connectivity index is 1.46. The average molecular weight is 481 g/mol. The lowest BCUT2D eigenvalue weighted by Gasteiger charge is -2.27. The molecule has 0 spiro atoms. The maximum atomic E-state index is 13.2. The molecule has 1 amide bonds. The minimum Gasteiger partial charge on any atom is -0.456 e. The lowest BCUT2D eigenvalue weighted by Crippen LogP contribution is -2.36. The molecule has 1 aliphatic heterocycles. The number of benzene rings is 3. The summed E-state index contributed by atoms with van der Waals surface area (Å²) in [6, 6.07) is 17.7. The van der Waals surface area contributed by atoms with E-state index in [4.69, 9.17) is 4.42 Å². The van der Waals surface area contributed by atoms with E-state index in [2.05, 4.69) is 4.72 Å². The van der Waals surface area contributed by atoms with E-state index in [-0.39, 0.29) is 10.8 Å². The molecule has 3 aromatic carbocycles. The number of sulfonamides is 1. The Morgan fingerprint density at radius 3 is 2.48 bits per heavy atom. The lowest BCUT2D eigenvalue weighted by molar-refractivity contribution is 0.0720. The third-order valence-electron chi connectivity index (χ3n) is 5.99. The smallest absolute Gasteiger partial charge is 0.261 e. The van der Waals surface area contributed by atoms with Crippen molar-refractivity contribution in [2.45, 2.75) is 29.1 Å². The van der Waals surface area contributed by atoms with E-state index < -0.39 is 10.0 Å². The minimum absolute atomic E-state index is 0.0605. The van der Waals surface area contributed by atoms with Gasteiger partial charge in [-0.05, 0) is 61.9 Å². The Morgan fingerprint density at radius 1 is 0.939 bits per heavy atom. The summed E-state index contributed by atoms with van der Waals surface area (Å²) in [5, 5.41) is 1.91. The first-order valence-corrected chi connectivity index (χ1v) is 13.6. The van der Waals surface area contributed by atoms with Crippen molar-refractivity contribution >= 4 is 55.3 Å². The maximum absolute atomic E-state index is 13.2. The number of thioether (sulfide) groups is 1. The van der Waals surface area contributed by atoms with E-state index in [0.29, 0.717) is 29.9 Å². The zero-order valence-corrected chi connectivity index (χ0v) is 19.8. The van der Waals surface area contributed by atoms with Crippen LogP contribution in [0.15, 0.2) is 74.9 Å². The third kappa shape index (κ3) is 4.20. The van der Waals surface area contributed by atoms with Crippen LogP contribution in [0.2, 0.25) is 0 Å². The standard InChI is InChI=1S/C25H24N2O4S2/c1-32-24-12-10-18(16-21(24)25(28)27-13-5-2-6-14-27)33(29,30)26-17-9-11-20-19-7-3-4-8-22(19)31-23(20)15-17/h3-4,7-12,15-16,26H,2,5-6,13-14H2,1H3. The summed E-state index contributed by atoms with van der Waals surface area (Å²) >= 11 is 1.44. The largest absolute Gasteiger partial charge is 0.456 e. The quantitative estimate of drug-likeness (QED) is 0.369. The fourth-order valence-corrected chi connectivity index (χ4v) is 5.94. The lowest BCUT2D eigenvalue weighted by atomic mass is 10.1. The third-order valence-corrected chi connectivity index (χ3v) is 8.16. The van der Waals surface area contributed by atoms with Crippen LogP contribution in [0.5, 0.6) is 0 Å². The van der Waals surface area contributed by atoms with E-state index in [1.165, 1.54) is 17.8 Å². The predicted molar refractivity (Wildman–Crippen MR) is 133 cm³/mol. The molecule has 1 N–H and O–H groups in total. The molecule has 1 fully saturated rings. The number of amides is 1. The first kappa shape index (κ1) is 21.9. The number of piperidine rings is 1. The average Bonchev–Trinajstić information content (AvgIpc) is 3.21. The normalized spacial score (nSPS) is 14.6. The van der Waals surface area contributed by atoms with Crippen molar-refractivity contribution in [2.75, 3.05) is 24.1 Å². The van der Waals surface area contributed by atoms with Gasteiger partial charge in [0.15, 0.2) is 0 Å². The van der Waals surface area contributed by atoms with Crippen molar-refractivity contribution in [1.29, 1.82) is 0 Å². The molecule has 0 radical (unpaired) electrons. The van der Waals surface area contributed by atoms with Gasteiger partial charge in [0, 0.05) is 34.8 Å². The Hall–Kier alpha value is -2.97. The highest BCUT2D eigenvalue weighted by Crippen LogP contribution is 2.32. The number of hydrogen-bond donors (Lipinski definition) is 1. The first-order chi connectivity index (χ1) is 16.0. The van der Waals surface area contributed by atoms with Gasteiger partial charge in [-0.15, -0.1) is 11.8 Å². The summed E-state index contributed by atoms with van der Waals surface area (Å²) < 4.78 is 34.9. The number of nitrogens with zero attached hydrogens (tertiary/aromatic N) is 1. The molecule has 1 saturated heterocycles. The van der Waals surface area contributed by atoms with Gasteiger partial charge in [-0.2, -0.15) is 0 Å². The van der Waals surface area contributed by atoms with Gasteiger partial charge in [-0.25, -0.2) is 8.42 Å². The topological polar surface area (TPSA) is 79.6 Å². The Labute approximate surface area is 197 Å². The molecule has 2 heterocycles. The number of likely N-dealkylation sites (tertiary alicyclic amines) is 1. The maximum Gasteiger partial charge on any atom is 0.261 e. The van der Waals surface area contributed by atoms with Gasteiger partial charge in [-0.3, -0.25) is 9.52 Å². The number of anilines is 1. The van der Waals surface area contributed by atoms with Gasteiger partial charge < -0.3 is 9.32 Å². The van der Waals surface area contributed by atoms with Gasteiger partial charge >= 0.3 is 0 Å². The molecule has 0 atom stereocenters. The van der Waals surface area contributed by atoms with Crippen LogP contribution in [-0.4, -0.2) is 38.6 Å². The molecule has 170 valence electrons. The summed E-state index contributed by atoms with van der Waals surface area (Å²) in [6.45, 7) is 1.42. The van der Waals surface area contributed by atoms with Crippen molar-refractivity contribution in [1.82, 2.24) is 4.90 Å². The molecule has 33 heavy (non-hydrogen) atoms. The summed E-state index contributed by atoms with van der Waals surface area (Å²) in [7, 11) is -3.90. The van der Waals surface area contributed by atoms with Crippen LogP contribution < -0.4 is 4.72 Å². The molecule has 5 rings (SSSR count). The summed E-state index contributed by atoms with van der Waals surface area (Å²) in [5.41, 5.74) is 2.19. The van der Waals surface area contributed by atoms with Crippen molar-refractivity contribution in [2.24, 2.45) is 0 Å². The van der Waals surface area contributed by atoms with Gasteiger partial charge in [0.1, 0.15) is 11.2 Å². The molecule has 8 heteroatoms. The zero-order chi connectivity index (χ0) is 23.0. The van der Waals surface area contributed by atoms with Crippen molar-refractivity contribution in [3.8, 4) is 0 Å². The number of nitrogens with one attached hydrogen (secondary N) is 1. The number of carbonyl (C=O) groups is 1. The fraction of sp³-hybridized carbons (Fsp3) is 0.240. The molecule has 4 aromatic rings. The molecule has 1 aliphatic rings. The number of furan rings is 1. The number of hydrogen-bond acceptors (Lipinski definition) is 5. The molecule has 1 aromatic heterocycles. The van der Waals surface area contributed by atoms with Gasteiger partial charge in [0.05, 0.1) is 16.1 Å². The Bertz CT molecular complexity index is 1450. The summed E-state index contributed by atoms with van der Waals surface area (Å²) in [4.78, 5) is 15.8. The van der Waals surface area contributed by atoms with E-state index >= 15 is 0 Å². The van der Waals surface area contributed by atoms with Crippen LogP contribution in [0.3, 0.4) is 0 Å². The molecule has 0 bridgehead atoms. The van der Waals surface area contributed by atoms with Gasteiger partial charge in [0.2, 0.25) is 0 Å². The molecule has 0 unspecified atom stereocenters. The summed E-state index contributed by atoms with van der Waals surface area (Å²) in [5.74, 6) is -0.111. The Morgan fingerprint density at radius 2 is 1.70 bits per heavy atom. The van der Waals surface area contributed by atoms with Crippen molar-refractivity contribution < 1.29 is 17.6 Å². The SMILES string of the molecule is CSc1ccc(S(=O)(=O)Nc2ccc3c(c2)oc2ccccc23)cc1C(=O)N1CCCCC1. The highest BCUT2D eigenvalue weighted by molar-refractivity contribution is 7.98. The van der Waals surface area contributed by atoms with Crippen LogP contribution in [0, 0.1) is 0 Å². The monoisotopic (exact) mass is 480 g/mol. The van der Waals surface area contributed by atoms with E-state index in [0.717, 1.165) is 40.5 Å². The van der Waals surface area contributed by atoms with Crippen LogP contribution >= 0.6 is 11.8 Å². The predicted octanol–water partition coefficient (Wildman–Crippen LogP) is 5.73. The molecule has 0 saturated carbocycles. The molecule has 0 aliphatic carbocycles. The van der Waals surface area contributed by atoms with Crippen LogP contribution in [-0.2, 0) is 10.0 Å². The number of fused-ring (bicyclic) bond motifs is 3. The summed E-state index contributed by atoms with van der Waals surface area (Å²) in [6.07, 6.45) is 4.96. The highest BCUT2D eigenvalue weighted by Gasteiger charge is 2.24. The molecular formula is C25H24N2O4S2. The van der Waals surface area contributed by atoms with E-state index in [1.807, 2.05) is 41.5 Å². The van der Waals surface area contributed by atoms with E-state index in [1.54, 1.807) is 24.3 Å². The second-order valence-corrected chi connectivity index (χ2v) is 10.7. The second kappa shape index (κ2) is 8.76. The van der Waals surface area contributed by atoms with Crippen LogP contribution in [0.4, 0.5) is 5.69 Å². The number of rotatable bonds is 5. The number of para-hydroxylation sites is 1. The molecular weight excluding hydrogens is 456 g/mol.